The van der Waals surface area contributed by atoms with E-state index in [1.54, 1.807) is 0 Å². The molecule has 0 fully saturated rings. The molecule has 3 heteroatoms. The summed E-state index contributed by atoms with van der Waals surface area (Å²) in [5.41, 5.74) is 11.1. The smallest absolute Gasteiger partial charge is 0.191 e. The Kier molecular flexibility index (Phi) is 12.3. The van der Waals surface area contributed by atoms with E-state index in [1.807, 2.05) is 58.0 Å². The highest BCUT2D eigenvalue weighted by molar-refractivity contribution is 5.78. The van der Waals surface area contributed by atoms with Gasteiger partial charge in [-0.15, -0.1) is 0 Å². The van der Waals surface area contributed by atoms with E-state index in [4.69, 9.17) is 11.5 Å². The first-order chi connectivity index (χ1) is 6.79. The fourth-order valence-electron chi connectivity index (χ4n) is 0.652. The van der Waals surface area contributed by atoms with Crippen molar-refractivity contribution in [1.29, 1.82) is 0 Å². The molecule has 0 aliphatic heterocycles. The Morgan fingerprint density at radius 3 is 1.71 bits per heavy atom. The molecule has 4 N–H and O–H groups in total. The molecule has 0 radical (unpaired) electrons. The minimum absolute atomic E-state index is 0.0891. The van der Waals surface area contributed by atoms with Crippen LogP contribution in [-0.2, 0) is 0 Å². The third-order valence-corrected chi connectivity index (χ3v) is 1.01. The average Bonchev–Trinajstić information content (AvgIpc) is 2.24. The molecule has 0 heterocycles. The van der Waals surface area contributed by atoms with E-state index in [9.17, 15) is 0 Å². The van der Waals surface area contributed by atoms with Gasteiger partial charge in [0.1, 0.15) is 0 Å². The van der Waals surface area contributed by atoms with Gasteiger partial charge in [0, 0.05) is 0 Å². The number of nitrogens with zero attached hydrogens (tertiary/aromatic N) is 1. The summed E-state index contributed by atoms with van der Waals surface area (Å²) in [6, 6.07) is 9.33. The normalized spacial score (nSPS) is 7.14. The summed E-state index contributed by atoms with van der Waals surface area (Å²) in [5.74, 6) is 0.0891. The molecule has 1 rings (SSSR count). The van der Waals surface area contributed by atoms with Gasteiger partial charge in [-0.2, -0.15) is 0 Å². The second-order valence-corrected chi connectivity index (χ2v) is 1.87. The zero-order valence-corrected chi connectivity index (χ0v) is 9.49. The monoisotopic (exact) mass is 195 g/mol. The van der Waals surface area contributed by atoms with Crippen molar-refractivity contribution in [2.45, 2.75) is 27.7 Å². The van der Waals surface area contributed by atoms with Crippen LogP contribution < -0.4 is 11.5 Å². The first-order valence-corrected chi connectivity index (χ1v) is 4.94. The largest absolute Gasteiger partial charge is 0.370 e. The number of aliphatic imine (C=N–C) groups is 1. The van der Waals surface area contributed by atoms with Gasteiger partial charge in [-0.1, -0.05) is 45.9 Å². The van der Waals surface area contributed by atoms with Crippen LogP contribution in [0.15, 0.2) is 35.3 Å². The van der Waals surface area contributed by atoms with Crippen molar-refractivity contribution in [3.05, 3.63) is 30.3 Å². The maximum absolute atomic E-state index is 5.15. The average molecular weight is 195 g/mol. The quantitative estimate of drug-likeness (QED) is 0.534. The minimum Gasteiger partial charge on any atom is -0.370 e. The molecule has 1 aromatic rings. The lowest BCUT2D eigenvalue weighted by atomic mass is 10.3. The van der Waals surface area contributed by atoms with E-state index in [2.05, 4.69) is 4.99 Å². The summed E-state index contributed by atoms with van der Waals surface area (Å²) < 4.78 is 0. The maximum atomic E-state index is 5.15. The second kappa shape index (κ2) is 11.5. The molecule has 3 nitrogen and oxygen atoms in total. The molecule has 0 aliphatic rings. The Bertz CT molecular complexity index is 226. The van der Waals surface area contributed by atoms with Gasteiger partial charge >= 0.3 is 0 Å². The van der Waals surface area contributed by atoms with Crippen molar-refractivity contribution < 1.29 is 0 Å². The zero-order valence-electron chi connectivity index (χ0n) is 9.49. The van der Waals surface area contributed by atoms with Crippen LogP contribution in [0.25, 0.3) is 0 Å². The standard InChI is InChI=1S/C7H9N3.2C2H6/c8-7(9)10-6-4-2-1-3-5-6;2*1-2/h1-5H,(H4,8,9,10);2*1-2H3. The van der Waals surface area contributed by atoms with Crippen LogP contribution in [0, 0.1) is 0 Å². The van der Waals surface area contributed by atoms with Crippen LogP contribution in [-0.4, -0.2) is 5.96 Å². The summed E-state index contributed by atoms with van der Waals surface area (Å²) in [6.45, 7) is 8.00. The molecule has 0 aliphatic carbocycles. The van der Waals surface area contributed by atoms with Crippen molar-refractivity contribution in [3.63, 3.8) is 0 Å². The molecule has 0 unspecified atom stereocenters. The third kappa shape index (κ3) is 8.59. The van der Waals surface area contributed by atoms with Crippen LogP contribution in [0.3, 0.4) is 0 Å². The van der Waals surface area contributed by atoms with E-state index in [1.165, 1.54) is 0 Å². The number of hydrogen-bond acceptors (Lipinski definition) is 1. The number of benzene rings is 1. The maximum Gasteiger partial charge on any atom is 0.191 e. The summed E-state index contributed by atoms with van der Waals surface area (Å²) in [4.78, 5) is 3.83. The molecular weight excluding hydrogens is 174 g/mol. The number of guanidine groups is 1. The van der Waals surface area contributed by atoms with Crippen molar-refractivity contribution in [3.8, 4) is 0 Å². The van der Waals surface area contributed by atoms with Crippen LogP contribution in [0.1, 0.15) is 27.7 Å². The summed E-state index contributed by atoms with van der Waals surface area (Å²) >= 11 is 0. The predicted octanol–water partition coefficient (Wildman–Crippen LogP) is 2.64. The minimum atomic E-state index is 0.0891. The molecule has 0 aromatic heterocycles. The molecule has 0 saturated heterocycles. The highest BCUT2D eigenvalue weighted by Crippen LogP contribution is 2.07. The second-order valence-electron chi connectivity index (χ2n) is 1.87. The fraction of sp³-hybridized carbons (Fsp3) is 0.364. The molecule has 0 spiro atoms. The van der Waals surface area contributed by atoms with Crippen LogP contribution in [0.2, 0.25) is 0 Å². The Hall–Kier alpha value is -1.51. The van der Waals surface area contributed by atoms with Gasteiger partial charge in [0.25, 0.3) is 0 Å². The topological polar surface area (TPSA) is 64.4 Å². The Morgan fingerprint density at radius 2 is 1.36 bits per heavy atom. The lowest BCUT2D eigenvalue weighted by molar-refractivity contribution is 1.42. The van der Waals surface area contributed by atoms with Crippen molar-refractivity contribution >= 4 is 11.6 Å². The van der Waals surface area contributed by atoms with E-state index in [0.29, 0.717) is 0 Å². The van der Waals surface area contributed by atoms with Crippen molar-refractivity contribution in [2.75, 3.05) is 0 Å². The van der Waals surface area contributed by atoms with Crippen LogP contribution >= 0.6 is 0 Å². The predicted molar refractivity (Wildman–Crippen MR) is 64.6 cm³/mol. The molecular formula is C11H21N3. The summed E-state index contributed by atoms with van der Waals surface area (Å²) in [6.07, 6.45) is 0. The first kappa shape index (κ1) is 15.0. The highest BCUT2D eigenvalue weighted by atomic mass is 15.0. The Balaban J connectivity index is 0. The van der Waals surface area contributed by atoms with Crippen LogP contribution in [0.5, 0.6) is 0 Å². The van der Waals surface area contributed by atoms with Gasteiger partial charge in [-0.3, -0.25) is 0 Å². The van der Waals surface area contributed by atoms with Gasteiger partial charge in [0.05, 0.1) is 5.69 Å². The molecule has 1 aromatic carbocycles. The van der Waals surface area contributed by atoms with Gasteiger partial charge in [0.2, 0.25) is 0 Å². The zero-order chi connectivity index (χ0) is 11.4. The van der Waals surface area contributed by atoms with Crippen LogP contribution in [0.4, 0.5) is 5.69 Å². The molecule has 0 bridgehead atoms. The van der Waals surface area contributed by atoms with E-state index in [-0.39, 0.29) is 5.96 Å². The number of hydrogen-bond donors (Lipinski definition) is 2. The fourth-order valence-corrected chi connectivity index (χ4v) is 0.652. The Labute approximate surface area is 86.8 Å². The summed E-state index contributed by atoms with van der Waals surface area (Å²) in [7, 11) is 0. The van der Waals surface area contributed by atoms with Gasteiger partial charge in [-0.05, 0) is 12.1 Å². The Morgan fingerprint density at radius 1 is 0.929 bits per heavy atom. The third-order valence-electron chi connectivity index (χ3n) is 1.01. The molecule has 0 saturated carbocycles. The highest BCUT2D eigenvalue weighted by Gasteiger charge is 1.83. The molecule has 14 heavy (non-hydrogen) atoms. The SMILES string of the molecule is CC.CC.NC(N)=Nc1ccccc1. The van der Waals surface area contributed by atoms with Crippen molar-refractivity contribution in [1.82, 2.24) is 0 Å². The lowest BCUT2D eigenvalue weighted by Crippen LogP contribution is -2.21. The van der Waals surface area contributed by atoms with E-state index >= 15 is 0 Å². The molecule has 0 amide bonds. The number of para-hydroxylation sites is 1. The lowest BCUT2D eigenvalue weighted by Gasteiger charge is -1.91. The first-order valence-electron chi connectivity index (χ1n) is 4.94. The van der Waals surface area contributed by atoms with E-state index < -0.39 is 0 Å². The van der Waals surface area contributed by atoms with E-state index in [0.717, 1.165) is 5.69 Å². The van der Waals surface area contributed by atoms with Crippen molar-refractivity contribution in [2.24, 2.45) is 16.5 Å². The van der Waals surface area contributed by atoms with Gasteiger partial charge in [0.15, 0.2) is 5.96 Å². The summed E-state index contributed by atoms with van der Waals surface area (Å²) in [5, 5.41) is 0. The molecule has 80 valence electrons. The molecule has 0 atom stereocenters. The number of rotatable bonds is 1. The number of nitrogens with two attached hydrogens (primary N) is 2. The van der Waals surface area contributed by atoms with Gasteiger partial charge in [-0.25, -0.2) is 4.99 Å². The van der Waals surface area contributed by atoms with Gasteiger partial charge < -0.3 is 11.5 Å².